The first-order chi connectivity index (χ1) is 7.72. The number of aromatic nitrogens is 1. The molecule has 1 aromatic carbocycles. The number of hydrogen-bond acceptors (Lipinski definition) is 2. The van der Waals surface area contributed by atoms with Crippen molar-refractivity contribution in [3.8, 4) is 11.3 Å². The maximum atomic E-state index is 13.6. The van der Waals surface area contributed by atoms with E-state index in [0.29, 0.717) is 5.56 Å². The van der Waals surface area contributed by atoms with Gasteiger partial charge in [0.15, 0.2) is 0 Å². The zero-order chi connectivity index (χ0) is 11.5. The first-order valence-corrected chi connectivity index (χ1v) is 4.72. The van der Waals surface area contributed by atoms with Crippen LogP contribution in [0.5, 0.6) is 0 Å². The van der Waals surface area contributed by atoms with Gasteiger partial charge in [0.1, 0.15) is 17.3 Å². The van der Waals surface area contributed by atoms with Crippen molar-refractivity contribution < 1.29 is 13.9 Å². The summed E-state index contributed by atoms with van der Waals surface area (Å²) in [5.41, 5.74) is 0.428. The fourth-order valence-electron chi connectivity index (χ4n) is 1.42. The normalized spacial score (nSPS) is 10.4. The molecule has 0 saturated carbocycles. The molecule has 2 rings (SSSR count). The van der Waals surface area contributed by atoms with Gasteiger partial charge in [-0.25, -0.2) is 8.78 Å². The Morgan fingerprint density at radius 1 is 1.12 bits per heavy atom. The van der Waals surface area contributed by atoms with Crippen LogP contribution in [0, 0.1) is 11.6 Å². The van der Waals surface area contributed by atoms with E-state index in [2.05, 4.69) is 4.98 Å². The number of aliphatic hydroxyl groups excluding tert-OH is 1. The Morgan fingerprint density at radius 2 is 1.88 bits per heavy atom. The molecular formula is C12H9F2NO. The second-order valence-corrected chi connectivity index (χ2v) is 3.31. The Balaban J connectivity index is 2.53. The smallest absolute Gasteiger partial charge is 0.149 e. The molecular weight excluding hydrogens is 212 g/mol. The van der Waals surface area contributed by atoms with Crippen molar-refractivity contribution in [3.05, 3.63) is 53.7 Å². The van der Waals surface area contributed by atoms with Crippen molar-refractivity contribution in [3.63, 3.8) is 0 Å². The lowest BCUT2D eigenvalue weighted by atomic mass is 10.1. The van der Waals surface area contributed by atoms with Crippen LogP contribution in [0.25, 0.3) is 11.3 Å². The molecule has 0 fully saturated rings. The third-order valence-electron chi connectivity index (χ3n) is 2.21. The summed E-state index contributed by atoms with van der Waals surface area (Å²) in [5.74, 6) is -1.16. The topological polar surface area (TPSA) is 33.1 Å². The van der Waals surface area contributed by atoms with Crippen LogP contribution in [-0.2, 0) is 6.61 Å². The van der Waals surface area contributed by atoms with Crippen LogP contribution in [0.1, 0.15) is 5.56 Å². The van der Waals surface area contributed by atoms with E-state index >= 15 is 0 Å². The zero-order valence-corrected chi connectivity index (χ0v) is 8.32. The van der Waals surface area contributed by atoms with Gasteiger partial charge in [0.25, 0.3) is 0 Å². The molecule has 0 radical (unpaired) electrons. The molecule has 0 aliphatic heterocycles. The van der Waals surface area contributed by atoms with E-state index in [4.69, 9.17) is 5.11 Å². The maximum absolute atomic E-state index is 13.6. The molecule has 0 amide bonds. The van der Waals surface area contributed by atoms with E-state index in [0.717, 1.165) is 6.07 Å². The molecule has 4 heteroatoms. The minimum Gasteiger partial charge on any atom is -0.392 e. The number of benzene rings is 1. The molecule has 2 nitrogen and oxygen atoms in total. The predicted octanol–water partition coefficient (Wildman–Crippen LogP) is 2.52. The molecule has 0 atom stereocenters. The van der Waals surface area contributed by atoms with E-state index in [9.17, 15) is 8.78 Å². The van der Waals surface area contributed by atoms with Crippen LogP contribution in [0.2, 0.25) is 0 Å². The number of hydrogen-bond donors (Lipinski definition) is 1. The van der Waals surface area contributed by atoms with E-state index in [1.165, 1.54) is 24.4 Å². The van der Waals surface area contributed by atoms with Crippen LogP contribution in [-0.4, -0.2) is 10.1 Å². The molecule has 1 aromatic heterocycles. The van der Waals surface area contributed by atoms with Gasteiger partial charge in [0.05, 0.1) is 6.61 Å². The number of rotatable bonds is 2. The maximum Gasteiger partial charge on any atom is 0.149 e. The summed E-state index contributed by atoms with van der Waals surface area (Å²) >= 11 is 0. The lowest BCUT2D eigenvalue weighted by molar-refractivity contribution is 0.280. The van der Waals surface area contributed by atoms with Gasteiger partial charge in [-0.1, -0.05) is 12.1 Å². The average Bonchev–Trinajstić information content (AvgIpc) is 2.30. The van der Waals surface area contributed by atoms with Crippen molar-refractivity contribution in [2.45, 2.75) is 6.61 Å². The number of nitrogens with zero attached hydrogens (tertiary/aromatic N) is 1. The highest BCUT2D eigenvalue weighted by atomic mass is 19.1. The number of pyridine rings is 1. The predicted molar refractivity (Wildman–Crippen MR) is 55.5 cm³/mol. The third kappa shape index (κ3) is 1.92. The summed E-state index contributed by atoms with van der Waals surface area (Å²) in [5, 5.41) is 8.80. The summed E-state index contributed by atoms with van der Waals surface area (Å²) in [6.07, 6.45) is 1.32. The average molecular weight is 221 g/mol. The minimum absolute atomic E-state index is 0.0460. The first kappa shape index (κ1) is 10.7. The Labute approximate surface area is 91.2 Å². The monoisotopic (exact) mass is 221 g/mol. The van der Waals surface area contributed by atoms with Gasteiger partial charge in [-0.15, -0.1) is 0 Å². The Kier molecular flexibility index (Phi) is 2.92. The second kappa shape index (κ2) is 4.37. The lowest BCUT2D eigenvalue weighted by Gasteiger charge is -2.04. The highest BCUT2D eigenvalue weighted by Gasteiger charge is 2.11. The van der Waals surface area contributed by atoms with Crippen molar-refractivity contribution in [2.24, 2.45) is 0 Å². The zero-order valence-electron chi connectivity index (χ0n) is 8.32. The second-order valence-electron chi connectivity index (χ2n) is 3.31. The first-order valence-electron chi connectivity index (χ1n) is 4.72. The van der Waals surface area contributed by atoms with Gasteiger partial charge in [-0.3, -0.25) is 4.98 Å². The molecule has 0 aliphatic rings. The summed E-state index contributed by atoms with van der Waals surface area (Å²) in [6.45, 7) is -0.290. The molecule has 0 spiro atoms. The van der Waals surface area contributed by atoms with Gasteiger partial charge < -0.3 is 5.11 Å². The highest BCUT2D eigenvalue weighted by Crippen LogP contribution is 2.23. The van der Waals surface area contributed by atoms with Gasteiger partial charge in [-0.2, -0.15) is 0 Å². The molecule has 2 aromatic rings. The van der Waals surface area contributed by atoms with E-state index in [-0.39, 0.29) is 17.9 Å². The van der Waals surface area contributed by atoms with E-state index in [1.54, 1.807) is 6.07 Å². The van der Waals surface area contributed by atoms with Crippen LogP contribution in [0.4, 0.5) is 8.78 Å². The van der Waals surface area contributed by atoms with Gasteiger partial charge >= 0.3 is 0 Å². The fraction of sp³-hybridized carbons (Fsp3) is 0.0833. The van der Waals surface area contributed by atoms with Crippen LogP contribution < -0.4 is 0 Å². The van der Waals surface area contributed by atoms with Gasteiger partial charge in [0, 0.05) is 11.8 Å². The molecule has 0 aliphatic carbocycles. The standard InChI is InChI=1S/C12H9F2NO/c13-10-4-2-1-3-9(10)12-11(14)5-8(7-16)6-15-12/h1-6,16H,7H2. The number of halogens is 2. The Hall–Kier alpha value is -1.81. The van der Waals surface area contributed by atoms with Crippen LogP contribution in [0.15, 0.2) is 36.5 Å². The third-order valence-corrected chi connectivity index (χ3v) is 2.21. The molecule has 82 valence electrons. The summed E-state index contributed by atoms with van der Waals surface area (Å²) in [4.78, 5) is 3.81. The molecule has 1 heterocycles. The highest BCUT2D eigenvalue weighted by molar-refractivity contribution is 5.60. The summed E-state index contributed by atoms with van der Waals surface area (Å²) < 4.78 is 26.9. The van der Waals surface area contributed by atoms with Crippen molar-refractivity contribution in [1.29, 1.82) is 0 Å². The molecule has 0 unspecified atom stereocenters. The number of aliphatic hydroxyl groups is 1. The quantitative estimate of drug-likeness (QED) is 0.845. The lowest BCUT2D eigenvalue weighted by Crippen LogP contribution is -1.95. The molecule has 0 bridgehead atoms. The van der Waals surface area contributed by atoms with Gasteiger partial charge in [-0.05, 0) is 23.8 Å². The fourth-order valence-corrected chi connectivity index (χ4v) is 1.42. The largest absolute Gasteiger partial charge is 0.392 e. The van der Waals surface area contributed by atoms with Crippen molar-refractivity contribution in [1.82, 2.24) is 4.98 Å². The molecule has 1 N–H and O–H groups in total. The van der Waals surface area contributed by atoms with Gasteiger partial charge in [0.2, 0.25) is 0 Å². The van der Waals surface area contributed by atoms with E-state index in [1.807, 2.05) is 0 Å². The van der Waals surface area contributed by atoms with Crippen molar-refractivity contribution >= 4 is 0 Å². The molecule has 16 heavy (non-hydrogen) atoms. The van der Waals surface area contributed by atoms with Crippen LogP contribution >= 0.6 is 0 Å². The Morgan fingerprint density at radius 3 is 2.50 bits per heavy atom. The minimum atomic E-state index is -0.642. The molecule has 0 saturated heterocycles. The van der Waals surface area contributed by atoms with Crippen molar-refractivity contribution in [2.75, 3.05) is 0 Å². The van der Waals surface area contributed by atoms with Crippen LogP contribution in [0.3, 0.4) is 0 Å². The van der Waals surface area contributed by atoms with E-state index < -0.39 is 11.6 Å². The summed E-state index contributed by atoms with van der Waals surface area (Å²) in [7, 11) is 0. The SMILES string of the molecule is OCc1cnc(-c2ccccc2F)c(F)c1. The summed E-state index contributed by atoms with van der Waals surface area (Å²) in [6, 6.07) is 6.99. The Bertz CT molecular complexity index is 514.